The summed E-state index contributed by atoms with van der Waals surface area (Å²) in [6, 6.07) is 18.4. The van der Waals surface area contributed by atoms with Crippen molar-refractivity contribution in [1.29, 1.82) is 0 Å². The van der Waals surface area contributed by atoms with Gasteiger partial charge in [-0.15, -0.1) is 0 Å². The van der Waals surface area contributed by atoms with Gasteiger partial charge in [-0.2, -0.15) is 0 Å². The number of carbonyl (C=O) groups is 2. The molecule has 190 valence electrons. The fourth-order valence-corrected chi connectivity index (χ4v) is 3.59. The van der Waals surface area contributed by atoms with Crippen LogP contribution in [-0.4, -0.2) is 43.2 Å². The van der Waals surface area contributed by atoms with Crippen LogP contribution >= 0.6 is 0 Å². The van der Waals surface area contributed by atoms with E-state index in [9.17, 15) is 14.0 Å². The van der Waals surface area contributed by atoms with Crippen molar-refractivity contribution in [2.75, 3.05) is 26.4 Å². The largest absolute Gasteiger partial charge is 0.490 e. The third-order valence-corrected chi connectivity index (χ3v) is 5.34. The number of nitrogens with one attached hydrogen (secondary N) is 1. The van der Waals surface area contributed by atoms with E-state index in [0.717, 1.165) is 10.9 Å². The molecular weight excluding hydrogens is 477 g/mol. The molecule has 1 N–H and O–H groups in total. The highest BCUT2D eigenvalue weighted by molar-refractivity contribution is 6.09. The van der Waals surface area contributed by atoms with E-state index in [2.05, 4.69) is 4.98 Å². The number of H-pyrrole nitrogens is 1. The van der Waals surface area contributed by atoms with Gasteiger partial charge in [0.1, 0.15) is 24.8 Å². The van der Waals surface area contributed by atoms with Crippen LogP contribution in [0.1, 0.15) is 22.8 Å². The zero-order chi connectivity index (χ0) is 26.0. The van der Waals surface area contributed by atoms with E-state index in [1.807, 2.05) is 31.2 Å². The van der Waals surface area contributed by atoms with Crippen LogP contribution in [0.25, 0.3) is 17.0 Å². The van der Waals surface area contributed by atoms with Gasteiger partial charge in [-0.05, 0) is 61.0 Å². The summed E-state index contributed by atoms with van der Waals surface area (Å²) in [7, 11) is 0. The molecule has 37 heavy (non-hydrogen) atoms. The molecule has 0 spiro atoms. The van der Waals surface area contributed by atoms with Gasteiger partial charge in [0.15, 0.2) is 18.1 Å². The number of ether oxygens (including phenoxy) is 4. The first-order chi connectivity index (χ1) is 18.0. The third kappa shape index (κ3) is 6.98. The van der Waals surface area contributed by atoms with E-state index in [4.69, 9.17) is 18.9 Å². The number of hydrogen-bond donors (Lipinski definition) is 1. The highest BCUT2D eigenvalue weighted by Gasteiger charge is 2.13. The third-order valence-electron chi connectivity index (χ3n) is 5.34. The topological polar surface area (TPSA) is 86.9 Å². The van der Waals surface area contributed by atoms with E-state index in [-0.39, 0.29) is 31.4 Å². The normalized spacial score (nSPS) is 11.0. The van der Waals surface area contributed by atoms with Gasteiger partial charge in [0.2, 0.25) is 5.78 Å². The van der Waals surface area contributed by atoms with E-state index < -0.39 is 5.97 Å². The van der Waals surface area contributed by atoms with Crippen molar-refractivity contribution in [3.63, 3.8) is 0 Å². The van der Waals surface area contributed by atoms with Crippen LogP contribution in [0.15, 0.2) is 79.0 Å². The number of para-hydroxylation sites is 1. The molecule has 0 saturated carbocycles. The van der Waals surface area contributed by atoms with Crippen molar-refractivity contribution in [3.05, 3.63) is 95.9 Å². The number of halogens is 1. The minimum absolute atomic E-state index is 0.253. The molecule has 1 heterocycles. The van der Waals surface area contributed by atoms with Gasteiger partial charge in [0, 0.05) is 28.7 Å². The lowest BCUT2D eigenvalue weighted by Gasteiger charge is -2.13. The lowest BCUT2D eigenvalue weighted by molar-refractivity contribution is -0.136. The molecule has 1 aromatic heterocycles. The molecule has 8 heteroatoms. The van der Waals surface area contributed by atoms with Crippen molar-refractivity contribution in [2.45, 2.75) is 6.92 Å². The molecule has 0 aliphatic carbocycles. The number of carbonyl (C=O) groups excluding carboxylic acids is 2. The first-order valence-corrected chi connectivity index (χ1v) is 11.8. The maximum atomic E-state index is 13.0. The maximum Gasteiger partial charge on any atom is 0.331 e. The van der Waals surface area contributed by atoms with Crippen LogP contribution < -0.4 is 14.2 Å². The van der Waals surface area contributed by atoms with Gasteiger partial charge in [-0.1, -0.05) is 24.3 Å². The number of fused-ring (bicyclic) bond motifs is 1. The van der Waals surface area contributed by atoms with E-state index in [1.54, 1.807) is 42.6 Å². The molecule has 0 saturated heterocycles. The minimum atomic E-state index is -0.635. The molecule has 0 fully saturated rings. The average Bonchev–Trinajstić information content (AvgIpc) is 3.35. The lowest BCUT2D eigenvalue weighted by Crippen LogP contribution is -2.12. The molecular formula is C29H26FNO6. The fourth-order valence-electron chi connectivity index (χ4n) is 3.59. The predicted molar refractivity (Wildman–Crippen MR) is 138 cm³/mol. The van der Waals surface area contributed by atoms with Crippen molar-refractivity contribution in [3.8, 4) is 17.2 Å². The van der Waals surface area contributed by atoms with Gasteiger partial charge < -0.3 is 23.9 Å². The lowest BCUT2D eigenvalue weighted by atomic mass is 10.1. The maximum absolute atomic E-state index is 13.0. The van der Waals surface area contributed by atoms with Crippen molar-refractivity contribution >= 4 is 28.7 Å². The summed E-state index contributed by atoms with van der Waals surface area (Å²) in [5.41, 5.74) is 2.01. The molecule has 0 bridgehead atoms. The molecule has 0 atom stereocenters. The Morgan fingerprint density at radius 1 is 0.919 bits per heavy atom. The number of hydrogen-bond acceptors (Lipinski definition) is 6. The fraction of sp³-hybridized carbons (Fsp3) is 0.172. The van der Waals surface area contributed by atoms with Crippen molar-refractivity contribution < 1.29 is 32.9 Å². The second kappa shape index (κ2) is 12.4. The molecule has 0 aliphatic heterocycles. The Labute approximate surface area is 213 Å². The summed E-state index contributed by atoms with van der Waals surface area (Å²) in [6.45, 7) is 2.44. The number of aromatic amines is 1. The minimum Gasteiger partial charge on any atom is -0.490 e. The highest BCUT2D eigenvalue weighted by Crippen LogP contribution is 2.29. The summed E-state index contributed by atoms with van der Waals surface area (Å²) in [4.78, 5) is 27.7. The smallest absolute Gasteiger partial charge is 0.331 e. The van der Waals surface area contributed by atoms with E-state index in [0.29, 0.717) is 35.0 Å². The van der Waals surface area contributed by atoms with Crippen LogP contribution in [0.5, 0.6) is 17.2 Å². The number of aromatic nitrogens is 1. The second-order valence-electron chi connectivity index (χ2n) is 7.90. The van der Waals surface area contributed by atoms with Crippen LogP contribution in [0.4, 0.5) is 4.39 Å². The van der Waals surface area contributed by atoms with Gasteiger partial charge in [0.25, 0.3) is 0 Å². The zero-order valence-electron chi connectivity index (χ0n) is 20.2. The Hall–Kier alpha value is -4.59. The van der Waals surface area contributed by atoms with E-state index >= 15 is 0 Å². The number of esters is 1. The first kappa shape index (κ1) is 25.5. The molecule has 4 rings (SSSR count). The summed E-state index contributed by atoms with van der Waals surface area (Å²) in [6.07, 6.45) is 4.44. The molecule has 0 radical (unpaired) electrons. The standard InChI is InChI=1S/C29H26FNO6/c1-2-34-28-17-20(7-13-27(28)36-16-15-35-22-11-9-21(30)10-12-22)8-14-29(33)37-19-26(32)24-18-31-25-6-4-3-5-23(24)25/h3-14,17-18,31H,2,15-16,19H2,1H3/b14-8+. The molecule has 7 nitrogen and oxygen atoms in total. The SMILES string of the molecule is CCOc1cc(/C=C/C(=O)OCC(=O)c2c[nH]c3ccccc23)ccc1OCCOc1ccc(F)cc1. The van der Waals surface area contributed by atoms with Gasteiger partial charge in [-0.25, -0.2) is 9.18 Å². The Bertz CT molecular complexity index is 1390. The van der Waals surface area contributed by atoms with Crippen molar-refractivity contribution in [1.82, 2.24) is 4.98 Å². The molecule has 0 unspecified atom stereocenters. The summed E-state index contributed by atoms with van der Waals surface area (Å²) in [5, 5.41) is 0.784. The van der Waals surface area contributed by atoms with E-state index in [1.165, 1.54) is 18.2 Å². The second-order valence-corrected chi connectivity index (χ2v) is 7.90. The van der Waals surface area contributed by atoms with Gasteiger partial charge in [0.05, 0.1) is 6.61 Å². The number of benzene rings is 3. The predicted octanol–water partition coefficient (Wildman–Crippen LogP) is 5.60. The number of ketones is 1. The quantitative estimate of drug-likeness (QED) is 0.117. The Morgan fingerprint density at radius 2 is 1.70 bits per heavy atom. The average molecular weight is 504 g/mol. The van der Waals surface area contributed by atoms with Crippen LogP contribution in [0.2, 0.25) is 0 Å². The van der Waals surface area contributed by atoms with Crippen LogP contribution in [0.3, 0.4) is 0 Å². The first-order valence-electron chi connectivity index (χ1n) is 11.8. The zero-order valence-corrected chi connectivity index (χ0v) is 20.2. The van der Waals surface area contributed by atoms with Crippen molar-refractivity contribution in [2.24, 2.45) is 0 Å². The Kier molecular flexibility index (Phi) is 8.54. The van der Waals surface area contributed by atoms with Crippen LogP contribution in [-0.2, 0) is 9.53 Å². The Balaban J connectivity index is 1.29. The summed E-state index contributed by atoms with van der Waals surface area (Å²) < 4.78 is 35.1. The molecule has 0 aliphatic rings. The summed E-state index contributed by atoms with van der Waals surface area (Å²) in [5.74, 6) is 0.326. The highest BCUT2D eigenvalue weighted by atomic mass is 19.1. The molecule has 3 aromatic carbocycles. The van der Waals surface area contributed by atoms with Gasteiger partial charge in [-0.3, -0.25) is 4.79 Å². The monoisotopic (exact) mass is 503 g/mol. The Morgan fingerprint density at radius 3 is 2.51 bits per heavy atom. The molecule has 4 aromatic rings. The summed E-state index contributed by atoms with van der Waals surface area (Å²) >= 11 is 0. The molecule has 0 amide bonds. The van der Waals surface area contributed by atoms with Gasteiger partial charge >= 0.3 is 5.97 Å². The van der Waals surface area contributed by atoms with Crippen LogP contribution in [0, 0.1) is 5.82 Å². The number of Topliss-reactive ketones (excluding diaryl/α,β-unsaturated/α-hetero) is 1. The number of rotatable bonds is 12.